The molecular weight excluding hydrogens is 268 g/mol. The minimum atomic E-state index is -0.298. The van der Waals surface area contributed by atoms with Crippen LogP contribution in [-0.4, -0.2) is 29.5 Å². The smallest absolute Gasteiger partial charge is 0.275 e. The molecule has 6 heteroatoms. The minimum Gasteiger partial charge on any atom is -0.497 e. The zero-order valence-electron chi connectivity index (χ0n) is 12.1. The molecule has 0 saturated carbocycles. The molecule has 0 bridgehead atoms. The first kappa shape index (κ1) is 14.8. The molecule has 21 heavy (non-hydrogen) atoms. The van der Waals surface area contributed by atoms with Gasteiger partial charge in [0.05, 0.1) is 19.5 Å². The number of benzene rings is 1. The lowest BCUT2D eigenvalue weighted by Gasteiger charge is -2.07. The van der Waals surface area contributed by atoms with Crippen molar-refractivity contribution in [1.29, 1.82) is 0 Å². The van der Waals surface area contributed by atoms with Crippen LogP contribution in [0.3, 0.4) is 0 Å². The van der Waals surface area contributed by atoms with E-state index in [0.29, 0.717) is 11.5 Å². The molecule has 110 valence electrons. The number of anilines is 2. The maximum absolute atomic E-state index is 12.1. The van der Waals surface area contributed by atoms with Crippen LogP contribution in [0, 0.1) is 0 Å². The lowest BCUT2D eigenvalue weighted by Crippen LogP contribution is -2.15. The highest BCUT2D eigenvalue weighted by Crippen LogP contribution is 2.15. The molecule has 1 amide bonds. The van der Waals surface area contributed by atoms with Gasteiger partial charge in [-0.15, -0.1) is 0 Å². The summed E-state index contributed by atoms with van der Waals surface area (Å²) in [4.78, 5) is 20.4. The van der Waals surface area contributed by atoms with Crippen LogP contribution >= 0.6 is 0 Å². The Bertz CT molecular complexity index is 599. The molecule has 0 atom stereocenters. The Balaban J connectivity index is 2.05. The first-order chi connectivity index (χ1) is 10.2. The highest BCUT2D eigenvalue weighted by atomic mass is 16.5. The van der Waals surface area contributed by atoms with Crippen molar-refractivity contribution in [3.63, 3.8) is 0 Å². The van der Waals surface area contributed by atoms with Gasteiger partial charge in [0.2, 0.25) is 0 Å². The number of carbonyl (C=O) groups is 1. The van der Waals surface area contributed by atoms with Gasteiger partial charge >= 0.3 is 0 Å². The van der Waals surface area contributed by atoms with Gasteiger partial charge in [0, 0.05) is 12.2 Å². The van der Waals surface area contributed by atoms with E-state index in [1.54, 1.807) is 37.6 Å². The number of rotatable bonds is 6. The molecule has 0 aliphatic rings. The number of hydrogen-bond acceptors (Lipinski definition) is 5. The molecule has 0 radical (unpaired) electrons. The highest BCUT2D eigenvalue weighted by molar-refractivity contribution is 6.02. The van der Waals surface area contributed by atoms with E-state index >= 15 is 0 Å². The van der Waals surface area contributed by atoms with Gasteiger partial charge in [-0.25, -0.2) is 4.98 Å². The van der Waals surface area contributed by atoms with Crippen LogP contribution in [0.1, 0.15) is 23.8 Å². The summed E-state index contributed by atoms with van der Waals surface area (Å²) >= 11 is 0. The third-order valence-corrected chi connectivity index (χ3v) is 2.77. The fourth-order valence-corrected chi connectivity index (χ4v) is 1.68. The summed E-state index contributed by atoms with van der Waals surface area (Å²) in [6.07, 6.45) is 4.01. The van der Waals surface area contributed by atoms with E-state index in [-0.39, 0.29) is 11.6 Å². The summed E-state index contributed by atoms with van der Waals surface area (Å²) in [5.41, 5.74) is 0.946. The first-order valence-corrected chi connectivity index (χ1v) is 6.74. The van der Waals surface area contributed by atoms with Crippen molar-refractivity contribution in [3.05, 3.63) is 42.4 Å². The third-order valence-electron chi connectivity index (χ3n) is 2.77. The van der Waals surface area contributed by atoms with Crippen LogP contribution in [0.15, 0.2) is 36.7 Å². The zero-order chi connectivity index (χ0) is 15.1. The number of carbonyl (C=O) groups excluding carboxylic acids is 1. The molecule has 0 unspecified atom stereocenters. The Morgan fingerprint density at radius 1 is 1.24 bits per heavy atom. The van der Waals surface area contributed by atoms with Crippen LogP contribution in [0.25, 0.3) is 0 Å². The highest BCUT2D eigenvalue weighted by Gasteiger charge is 2.09. The quantitative estimate of drug-likeness (QED) is 0.853. The summed E-state index contributed by atoms with van der Waals surface area (Å²) < 4.78 is 5.07. The number of methoxy groups -OCH3 is 1. The van der Waals surface area contributed by atoms with Crippen LogP contribution < -0.4 is 15.4 Å². The Morgan fingerprint density at radius 2 is 2.00 bits per heavy atom. The predicted octanol–water partition coefficient (Wildman–Crippen LogP) is 2.56. The average Bonchev–Trinajstić information content (AvgIpc) is 2.54. The van der Waals surface area contributed by atoms with Gasteiger partial charge < -0.3 is 15.4 Å². The maximum atomic E-state index is 12.1. The molecule has 0 spiro atoms. The van der Waals surface area contributed by atoms with Gasteiger partial charge in [-0.2, -0.15) is 0 Å². The standard InChI is InChI=1S/C15H18N4O2/c1-3-8-17-14-10-16-9-13(19-14)15(20)18-11-4-6-12(21-2)7-5-11/h4-7,9-10H,3,8H2,1-2H3,(H,17,19)(H,18,20). The van der Waals surface area contributed by atoms with Crippen molar-refractivity contribution in [3.8, 4) is 5.75 Å². The van der Waals surface area contributed by atoms with Crippen molar-refractivity contribution in [2.75, 3.05) is 24.3 Å². The van der Waals surface area contributed by atoms with E-state index in [4.69, 9.17) is 4.74 Å². The summed E-state index contributed by atoms with van der Waals surface area (Å²) in [5.74, 6) is 1.03. The van der Waals surface area contributed by atoms with Gasteiger partial charge in [0.15, 0.2) is 0 Å². The molecule has 1 aromatic carbocycles. The predicted molar refractivity (Wildman–Crippen MR) is 81.8 cm³/mol. The third kappa shape index (κ3) is 4.17. The molecular formula is C15H18N4O2. The zero-order valence-corrected chi connectivity index (χ0v) is 12.1. The second-order valence-electron chi connectivity index (χ2n) is 4.40. The van der Waals surface area contributed by atoms with E-state index in [1.165, 1.54) is 6.20 Å². The van der Waals surface area contributed by atoms with Crippen LogP contribution in [0.2, 0.25) is 0 Å². The molecule has 0 saturated heterocycles. The van der Waals surface area contributed by atoms with E-state index < -0.39 is 0 Å². The van der Waals surface area contributed by atoms with E-state index in [0.717, 1.165) is 18.7 Å². The minimum absolute atomic E-state index is 0.270. The second kappa shape index (κ2) is 7.23. The molecule has 1 heterocycles. The van der Waals surface area contributed by atoms with Crippen molar-refractivity contribution in [2.45, 2.75) is 13.3 Å². The summed E-state index contributed by atoms with van der Waals surface area (Å²) in [6, 6.07) is 7.09. The number of amides is 1. The van der Waals surface area contributed by atoms with Crippen molar-refractivity contribution < 1.29 is 9.53 Å². The lowest BCUT2D eigenvalue weighted by atomic mass is 10.3. The topological polar surface area (TPSA) is 76.1 Å². The Hall–Kier alpha value is -2.63. The largest absolute Gasteiger partial charge is 0.497 e. The van der Waals surface area contributed by atoms with Crippen LogP contribution in [0.5, 0.6) is 5.75 Å². The Morgan fingerprint density at radius 3 is 2.67 bits per heavy atom. The van der Waals surface area contributed by atoms with Crippen molar-refractivity contribution in [2.24, 2.45) is 0 Å². The fraction of sp³-hybridized carbons (Fsp3) is 0.267. The second-order valence-corrected chi connectivity index (χ2v) is 4.40. The fourth-order valence-electron chi connectivity index (χ4n) is 1.68. The SMILES string of the molecule is CCCNc1cncc(C(=O)Nc2ccc(OC)cc2)n1. The lowest BCUT2D eigenvalue weighted by molar-refractivity contribution is 0.102. The summed E-state index contributed by atoms with van der Waals surface area (Å²) in [6.45, 7) is 2.85. The van der Waals surface area contributed by atoms with Crippen LogP contribution in [-0.2, 0) is 0 Å². The molecule has 0 aliphatic carbocycles. The number of nitrogens with zero attached hydrogens (tertiary/aromatic N) is 2. The molecule has 2 N–H and O–H groups in total. The summed E-state index contributed by atoms with van der Waals surface area (Å²) in [5, 5.41) is 5.87. The summed E-state index contributed by atoms with van der Waals surface area (Å²) in [7, 11) is 1.60. The van der Waals surface area contributed by atoms with Gasteiger partial charge in [-0.3, -0.25) is 9.78 Å². The van der Waals surface area contributed by atoms with Crippen molar-refractivity contribution >= 4 is 17.4 Å². The van der Waals surface area contributed by atoms with Crippen molar-refractivity contribution in [1.82, 2.24) is 9.97 Å². The molecule has 6 nitrogen and oxygen atoms in total. The number of aromatic nitrogens is 2. The first-order valence-electron chi connectivity index (χ1n) is 6.74. The number of nitrogens with one attached hydrogen (secondary N) is 2. The normalized spacial score (nSPS) is 10.0. The van der Waals surface area contributed by atoms with E-state index in [2.05, 4.69) is 27.5 Å². The van der Waals surface area contributed by atoms with Gasteiger partial charge in [-0.05, 0) is 30.7 Å². The molecule has 0 fully saturated rings. The maximum Gasteiger partial charge on any atom is 0.275 e. The van der Waals surface area contributed by atoms with E-state index in [9.17, 15) is 4.79 Å². The number of ether oxygens (including phenoxy) is 1. The molecule has 2 rings (SSSR count). The Labute approximate surface area is 123 Å². The Kier molecular flexibility index (Phi) is 5.09. The van der Waals surface area contributed by atoms with Gasteiger partial charge in [0.1, 0.15) is 17.3 Å². The van der Waals surface area contributed by atoms with Gasteiger partial charge in [0.25, 0.3) is 5.91 Å². The van der Waals surface area contributed by atoms with E-state index in [1.807, 2.05) is 0 Å². The van der Waals surface area contributed by atoms with Crippen LogP contribution in [0.4, 0.5) is 11.5 Å². The monoisotopic (exact) mass is 286 g/mol. The molecule has 0 aliphatic heterocycles. The average molecular weight is 286 g/mol. The molecule has 2 aromatic rings. The number of hydrogen-bond donors (Lipinski definition) is 2. The molecule has 1 aromatic heterocycles. The van der Waals surface area contributed by atoms with Gasteiger partial charge in [-0.1, -0.05) is 6.92 Å².